The van der Waals surface area contributed by atoms with E-state index in [9.17, 15) is 14.7 Å². The molecule has 3 aliphatic rings. The van der Waals surface area contributed by atoms with Crippen molar-refractivity contribution < 1.29 is 24.2 Å². The van der Waals surface area contributed by atoms with Crippen molar-refractivity contribution in [1.29, 1.82) is 0 Å². The van der Waals surface area contributed by atoms with Crippen molar-refractivity contribution in [3.05, 3.63) is 53.9 Å². The fourth-order valence-corrected chi connectivity index (χ4v) is 4.53. The Morgan fingerprint density at radius 1 is 1.22 bits per heavy atom. The summed E-state index contributed by atoms with van der Waals surface area (Å²) in [5.41, 5.74) is 2.10. The zero-order valence-electron chi connectivity index (χ0n) is 17.7. The van der Waals surface area contributed by atoms with E-state index >= 15 is 0 Å². The third-order valence-corrected chi connectivity index (χ3v) is 6.38. The first-order chi connectivity index (χ1) is 15.6. The largest absolute Gasteiger partial charge is 0.487 e. The molecule has 2 aromatic rings. The number of carbonyl (C=O) groups excluding carboxylic acids is 2. The molecule has 0 bridgehead atoms. The van der Waals surface area contributed by atoms with Crippen molar-refractivity contribution in [2.24, 2.45) is 5.92 Å². The van der Waals surface area contributed by atoms with Gasteiger partial charge in [0.2, 0.25) is 5.91 Å². The number of hydrogen-bond donors (Lipinski definition) is 3. The topological polar surface area (TPSA) is 110 Å². The van der Waals surface area contributed by atoms with E-state index in [2.05, 4.69) is 15.6 Å². The van der Waals surface area contributed by atoms with E-state index in [1.165, 1.54) is 19.0 Å². The van der Waals surface area contributed by atoms with Crippen molar-refractivity contribution in [2.45, 2.75) is 49.9 Å². The van der Waals surface area contributed by atoms with Gasteiger partial charge in [-0.3, -0.25) is 14.6 Å². The molecule has 1 aromatic heterocycles. The van der Waals surface area contributed by atoms with Crippen LogP contribution in [0, 0.1) is 5.92 Å². The van der Waals surface area contributed by atoms with Crippen LogP contribution in [0.15, 0.2) is 42.7 Å². The lowest BCUT2D eigenvalue weighted by Gasteiger charge is -2.37. The number of rotatable bonds is 7. The van der Waals surface area contributed by atoms with Gasteiger partial charge < -0.3 is 25.2 Å². The van der Waals surface area contributed by atoms with Crippen LogP contribution in [0.1, 0.15) is 47.5 Å². The summed E-state index contributed by atoms with van der Waals surface area (Å²) in [7, 11) is 0. The maximum atomic E-state index is 12.5. The summed E-state index contributed by atoms with van der Waals surface area (Å²) >= 11 is 0. The van der Waals surface area contributed by atoms with Gasteiger partial charge in [-0.15, -0.1) is 0 Å². The van der Waals surface area contributed by atoms with Crippen LogP contribution in [-0.4, -0.2) is 53.4 Å². The number of nitrogens with one attached hydrogen (secondary N) is 2. The SMILES string of the molecule is O=C(C[C@@H]1C[C@H]2c3cc(NC(=O)c4cccnc4)ccc3O[C@H]2[C@H](CO)O1)NCC1CC1. The fraction of sp³-hybridized carbons (Fsp3) is 0.458. The first kappa shape index (κ1) is 20.9. The zero-order valence-corrected chi connectivity index (χ0v) is 17.7. The van der Waals surface area contributed by atoms with Crippen LogP contribution >= 0.6 is 0 Å². The van der Waals surface area contributed by atoms with Gasteiger partial charge in [0.15, 0.2) is 0 Å². The lowest BCUT2D eigenvalue weighted by Crippen LogP contribution is -2.47. The summed E-state index contributed by atoms with van der Waals surface area (Å²) in [5, 5.41) is 15.8. The second-order valence-electron chi connectivity index (χ2n) is 8.80. The van der Waals surface area contributed by atoms with E-state index < -0.39 is 6.10 Å². The molecule has 32 heavy (non-hydrogen) atoms. The molecule has 8 heteroatoms. The third-order valence-electron chi connectivity index (χ3n) is 6.38. The highest BCUT2D eigenvalue weighted by molar-refractivity contribution is 6.04. The molecule has 3 heterocycles. The Morgan fingerprint density at radius 2 is 2.09 bits per heavy atom. The highest BCUT2D eigenvalue weighted by Crippen LogP contribution is 2.47. The summed E-state index contributed by atoms with van der Waals surface area (Å²) in [4.78, 5) is 28.8. The predicted molar refractivity (Wildman–Crippen MR) is 117 cm³/mol. The van der Waals surface area contributed by atoms with Crippen LogP contribution in [0.5, 0.6) is 5.75 Å². The number of hydrogen-bond acceptors (Lipinski definition) is 6. The third kappa shape index (κ3) is 4.47. The normalized spacial score (nSPS) is 25.9. The van der Waals surface area contributed by atoms with Crippen LogP contribution in [0.4, 0.5) is 5.69 Å². The Hall–Kier alpha value is -2.97. The molecule has 0 spiro atoms. The Kier molecular flexibility index (Phi) is 5.80. The molecule has 3 N–H and O–H groups in total. The minimum Gasteiger partial charge on any atom is -0.487 e. The minimum atomic E-state index is -0.504. The molecule has 4 atom stereocenters. The number of pyridine rings is 1. The quantitative estimate of drug-likeness (QED) is 0.613. The van der Waals surface area contributed by atoms with Crippen LogP contribution in [0.2, 0.25) is 0 Å². The number of aliphatic hydroxyl groups is 1. The highest BCUT2D eigenvalue weighted by Gasteiger charge is 2.46. The van der Waals surface area contributed by atoms with Crippen LogP contribution in [-0.2, 0) is 9.53 Å². The molecule has 0 radical (unpaired) electrons. The number of carbonyl (C=O) groups is 2. The molecular formula is C24H27N3O5. The first-order valence-electron chi connectivity index (χ1n) is 11.2. The van der Waals surface area contributed by atoms with E-state index in [0.717, 1.165) is 17.9 Å². The van der Waals surface area contributed by atoms with E-state index in [-0.39, 0.29) is 43.0 Å². The minimum absolute atomic E-state index is 0.0198. The molecule has 1 saturated carbocycles. The smallest absolute Gasteiger partial charge is 0.257 e. The Morgan fingerprint density at radius 3 is 2.84 bits per heavy atom. The second-order valence-corrected chi connectivity index (χ2v) is 8.80. The van der Waals surface area contributed by atoms with Crippen molar-refractivity contribution >= 4 is 17.5 Å². The van der Waals surface area contributed by atoms with Crippen LogP contribution in [0.25, 0.3) is 0 Å². The number of aromatic nitrogens is 1. The van der Waals surface area contributed by atoms with Gasteiger partial charge in [0, 0.05) is 36.1 Å². The molecule has 0 unspecified atom stereocenters. The summed E-state index contributed by atoms with van der Waals surface area (Å²) in [6, 6.07) is 8.96. The van der Waals surface area contributed by atoms with Gasteiger partial charge in [-0.2, -0.15) is 0 Å². The van der Waals surface area contributed by atoms with Gasteiger partial charge in [0.1, 0.15) is 18.0 Å². The number of nitrogens with zero attached hydrogens (tertiary/aromatic N) is 1. The number of benzene rings is 1. The summed E-state index contributed by atoms with van der Waals surface area (Å²) in [6.07, 6.45) is 5.27. The van der Waals surface area contributed by atoms with Gasteiger partial charge >= 0.3 is 0 Å². The number of anilines is 1. The number of aliphatic hydroxyl groups excluding tert-OH is 1. The van der Waals surface area contributed by atoms with Gasteiger partial charge in [0.25, 0.3) is 5.91 Å². The maximum absolute atomic E-state index is 12.5. The molecule has 8 nitrogen and oxygen atoms in total. The van der Waals surface area contributed by atoms with E-state index in [4.69, 9.17) is 9.47 Å². The Bertz CT molecular complexity index is 994. The van der Waals surface area contributed by atoms with Gasteiger partial charge in [-0.05, 0) is 55.5 Å². The Labute approximate surface area is 186 Å². The fourth-order valence-electron chi connectivity index (χ4n) is 4.53. The number of amides is 2. The van der Waals surface area contributed by atoms with Gasteiger partial charge in [-0.1, -0.05) is 0 Å². The summed E-state index contributed by atoms with van der Waals surface area (Å²) in [6.45, 7) is 0.549. The summed E-state index contributed by atoms with van der Waals surface area (Å²) in [5.74, 6) is 1.07. The standard InChI is InChI=1S/C24H27N3O5/c28-13-21-23-19(9-17(31-21)10-22(29)26-11-14-3-4-14)18-8-16(5-6-20(18)32-23)27-24(30)15-2-1-7-25-12-15/h1-2,5-8,12,14,17,19,21,23,28H,3-4,9-11,13H2,(H,26,29)(H,27,30)/t17-,19-,21-,23+/m0/s1. The lowest BCUT2D eigenvalue weighted by molar-refractivity contribution is -0.142. The first-order valence-corrected chi connectivity index (χ1v) is 11.2. The van der Waals surface area contributed by atoms with Crippen LogP contribution in [0.3, 0.4) is 0 Å². The van der Waals surface area contributed by atoms with Crippen molar-refractivity contribution in [3.8, 4) is 5.75 Å². The van der Waals surface area contributed by atoms with E-state index in [0.29, 0.717) is 23.6 Å². The molecule has 1 aliphatic carbocycles. The molecule has 2 aliphatic heterocycles. The number of fused-ring (bicyclic) bond motifs is 3. The van der Waals surface area contributed by atoms with Crippen molar-refractivity contribution in [2.75, 3.05) is 18.5 Å². The van der Waals surface area contributed by atoms with Crippen molar-refractivity contribution in [3.63, 3.8) is 0 Å². The van der Waals surface area contributed by atoms with E-state index in [1.807, 2.05) is 12.1 Å². The molecule has 5 rings (SSSR count). The average molecular weight is 437 g/mol. The molecule has 1 saturated heterocycles. The number of ether oxygens (including phenoxy) is 2. The second kappa shape index (κ2) is 8.88. The zero-order chi connectivity index (χ0) is 22.1. The summed E-state index contributed by atoms with van der Waals surface area (Å²) < 4.78 is 12.1. The highest BCUT2D eigenvalue weighted by atomic mass is 16.6. The predicted octanol–water partition coefficient (Wildman–Crippen LogP) is 2.24. The average Bonchev–Trinajstić information content (AvgIpc) is 3.58. The van der Waals surface area contributed by atoms with Crippen molar-refractivity contribution in [1.82, 2.24) is 10.3 Å². The molecule has 2 fully saturated rings. The Balaban J connectivity index is 1.29. The van der Waals surface area contributed by atoms with Gasteiger partial charge in [-0.25, -0.2) is 0 Å². The molecule has 168 valence electrons. The van der Waals surface area contributed by atoms with E-state index in [1.54, 1.807) is 24.4 Å². The molecule has 1 aromatic carbocycles. The van der Waals surface area contributed by atoms with Gasteiger partial charge in [0.05, 0.1) is 24.7 Å². The molecule has 2 amide bonds. The monoisotopic (exact) mass is 437 g/mol. The van der Waals surface area contributed by atoms with Crippen LogP contribution < -0.4 is 15.4 Å². The maximum Gasteiger partial charge on any atom is 0.257 e. The molecular weight excluding hydrogens is 410 g/mol. The lowest BCUT2D eigenvalue weighted by atomic mass is 9.84.